The number of nitrogens with zero attached hydrogens (tertiary/aromatic N) is 3. The SMILES string of the molecule is CC1c2cccn2-c2sc3c(c2CN1C(=O)Nc1ccc(Cl)cc1)CCN(C)C3. The number of benzene rings is 1. The molecule has 1 N–H and O–H groups in total. The molecule has 0 bridgehead atoms. The maximum absolute atomic E-state index is 13.3. The van der Waals surface area contributed by atoms with E-state index in [9.17, 15) is 4.79 Å². The molecule has 3 aromatic rings. The molecule has 7 heteroatoms. The minimum Gasteiger partial charge on any atom is -0.312 e. The normalized spacial score (nSPS) is 18.6. The van der Waals surface area contributed by atoms with Gasteiger partial charge < -0.3 is 19.7 Å². The van der Waals surface area contributed by atoms with E-state index in [1.165, 1.54) is 21.0 Å². The molecule has 0 aliphatic carbocycles. The van der Waals surface area contributed by atoms with Gasteiger partial charge in [0.15, 0.2) is 0 Å². The van der Waals surface area contributed by atoms with E-state index in [2.05, 4.69) is 47.1 Å². The van der Waals surface area contributed by atoms with Gasteiger partial charge in [-0.05, 0) is 62.4 Å². The Kier molecular flexibility index (Phi) is 4.65. The van der Waals surface area contributed by atoms with Gasteiger partial charge in [-0.3, -0.25) is 0 Å². The van der Waals surface area contributed by atoms with Crippen LogP contribution in [-0.2, 0) is 19.5 Å². The summed E-state index contributed by atoms with van der Waals surface area (Å²) in [5.41, 5.74) is 4.62. The number of nitrogens with one attached hydrogen (secondary N) is 1. The summed E-state index contributed by atoms with van der Waals surface area (Å²) < 4.78 is 2.28. The molecule has 150 valence electrons. The molecule has 0 saturated heterocycles. The lowest BCUT2D eigenvalue weighted by Gasteiger charge is -2.29. The van der Waals surface area contributed by atoms with E-state index >= 15 is 0 Å². The van der Waals surface area contributed by atoms with Crippen LogP contribution in [-0.4, -0.2) is 34.0 Å². The monoisotopic (exact) mass is 426 g/mol. The number of carbonyl (C=O) groups is 1. The largest absolute Gasteiger partial charge is 0.322 e. The molecule has 1 unspecified atom stereocenters. The number of likely N-dealkylation sites (N-methyl/N-ethyl adjacent to an activating group) is 1. The fourth-order valence-electron chi connectivity index (χ4n) is 4.30. The number of urea groups is 1. The van der Waals surface area contributed by atoms with Crippen molar-refractivity contribution in [2.45, 2.75) is 32.5 Å². The molecule has 2 aromatic heterocycles. The highest BCUT2D eigenvalue weighted by Gasteiger charge is 2.33. The maximum atomic E-state index is 13.3. The quantitative estimate of drug-likeness (QED) is 0.574. The standard InChI is InChI=1S/C22H23ClN4OS/c1-14-19-4-3-10-26(19)21-18(17-9-11-25(2)13-20(17)29-21)12-27(14)22(28)24-16-7-5-15(23)6-8-16/h3-8,10,14H,9,11-13H2,1-2H3,(H,24,28). The smallest absolute Gasteiger partial charge is 0.312 e. The molecule has 4 heterocycles. The summed E-state index contributed by atoms with van der Waals surface area (Å²) >= 11 is 7.85. The highest BCUT2D eigenvalue weighted by Crippen LogP contribution is 2.41. The van der Waals surface area contributed by atoms with Gasteiger partial charge >= 0.3 is 6.03 Å². The number of fused-ring (bicyclic) bond motifs is 5. The Bertz CT molecular complexity index is 1070. The van der Waals surface area contributed by atoms with Crippen molar-refractivity contribution in [1.29, 1.82) is 0 Å². The lowest BCUT2D eigenvalue weighted by Crippen LogP contribution is -2.36. The summed E-state index contributed by atoms with van der Waals surface area (Å²) in [5.74, 6) is 0. The van der Waals surface area contributed by atoms with Crippen LogP contribution in [0, 0.1) is 0 Å². The van der Waals surface area contributed by atoms with Gasteiger partial charge in [0.2, 0.25) is 0 Å². The Morgan fingerprint density at radius 1 is 1.17 bits per heavy atom. The van der Waals surface area contributed by atoms with Crippen molar-refractivity contribution in [3.63, 3.8) is 0 Å². The van der Waals surface area contributed by atoms with Gasteiger partial charge in [-0.2, -0.15) is 0 Å². The predicted octanol–water partition coefficient (Wildman–Crippen LogP) is 5.29. The number of thiophene rings is 1. The number of carbonyl (C=O) groups excluding carboxylic acids is 1. The number of aromatic nitrogens is 1. The Labute approximate surface area is 179 Å². The summed E-state index contributed by atoms with van der Waals surface area (Å²) in [6.07, 6.45) is 3.16. The van der Waals surface area contributed by atoms with Crippen LogP contribution in [0.1, 0.15) is 34.7 Å². The van der Waals surface area contributed by atoms with Crippen LogP contribution in [0.3, 0.4) is 0 Å². The van der Waals surface area contributed by atoms with Gasteiger partial charge in [-0.15, -0.1) is 11.3 Å². The van der Waals surface area contributed by atoms with E-state index in [1.807, 2.05) is 28.4 Å². The zero-order valence-corrected chi connectivity index (χ0v) is 18.1. The zero-order chi connectivity index (χ0) is 20.1. The van der Waals surface area contributed by atoms with Crippen molar-refractivity contribution in [1.82, 2.24) is 14.4 Å². The number of hydrogen-bond donors (Lipinski definition) is 1. The molecular weight excluding hydrogens is 404 g/mol. The van der Waals surface area contributed by atoms with Crippen LogP contribution >= 0.6 is 22.9 Å². The highest BCUT2D eigenvalue weighted by atomic mass is 35.5. The van der Waals surface area contributed by atoms with Gasteiger partial charge in [-0.1, -0.05) is 11.6 Å². The molecule has 0 radical (unpaired) electrons. The topological polar surface area (TPSA) is 40.5 Å². The van der Waals surface area contributed by atoms with Crippen LogP contribution in [0.25, 0.3) is 5.00 Å². The average molecular weight is 427 g/mol. The highest BCUT2D eigenvalue weighted by molar-refractivity contribution is 7.15. The van der Waals surface area contributed by atoms with Crippen molar-refractivity contribution in [2.75, 3.05) is 18.9 Å². The maximum Gasteiger partial charge on any atom is 0.322 e. The second kappa shape index (κ2) is 7.20. The van der Waals surface area contributed by atoms with Crippen molar-refractivity contribution in [2.24, 2.45) is 0 Å². The summed E-state index contributed by atoms with van der Waals surface area (Å²) in [4.78, 5) is 19.0. The number of hydrogen-bond acceptors (Lipinski definition) is 3. The number of amides is 2. The van der Waals surface area contributed by atoms with Crippen LogP contribution < -0.4 is 5.32 Å². The molecule has 2 amide bonds. The first-order valence-corrected chi connectivity index (χ1v) is 11.0. The minimum absolute atomic E-state index is 0.0289. The second-order valence-electron chi connectivity index (χ2n) is 7.82. The second-order valence-corrected chi connectivity index (χ2v) is 9.34. The minimum atomic E-state index is -0.0895. The lowest BCUT2D eigenvalue weighted by molar-refractivity contribution is 0.189. The van der Waals surface area contributed by atoms with Gasteiger partial charge in [-0.25, -0.2) is 4.79 Å². The van der Waals surface area contributed by atoms with Crippen molar-refractivity contribution in [3.8, 4) is 5.00 Å². The Morgan fingerprint density at radius 3 is 2.76 bits per heavy atom. The van der Waals surface area contributed by atoms with Crippen LogP contribution in [0.4, 0.5) is 10.5 Å². The third-order valence-electron chi connectivity index (χ3n) is 5.92. The third-order valence-corrected chi connectivity index (χ3v) is 7.43. The van der Waals surface area contributed by atoms with Crippen molar-refractivity contribution >= 4 is 34.7 Å². The first-order valence-electron chi connectivity index (χ1n) is 9.84. The Morgan fingerprint density at radius 2 is 1.97 bits per heavy atom. The van der Waals surface area contributed by atoms with E-state index < -0.39 is 0 Å². The van der Waals surface area contributed by atoms with E-state index in [1.54, 1.807) is 12.1 Å². The van der Waals surface area contributed by atoms with Gasteiger partial charge in [0.05, 0.1) is 12.6 Å². The number of anilines is 1. The number of halogens is 1. The van der Waals surface area contributed by atoms with Gasteiger partial charge in [0, 0.05) is 46.1 Å². The first-order chi connectivity index (χ1) is 14.0. The van der Waals surface area contributed by atoms with Crippen LogP contribution in [0.15, 0.2) is 42.6 Å². The molecule has 5 rings (SSSR count). The molecule has 5 nitrogen and oxygen atoms in total. The summed E-state index contributed by atoms with van der Waals surface area (Å²) in [6, 6.07) is 11.3. The van der Waals surface area contributed by atoms with Crippen LogP contribution in [0.5, 0.6) is 0 Å². The lowest BCUT2D eigenvalue weighted by atomic mass is 10.0. The first kappa shape index (κ1) is 18.7. The molecule has 0 saturated carbocycles. The average Bonchev–Trinajstić information content (AvgIpc) is 3.29. The summed E-state index contributed by atoms with van der Waals surface area (Å²) in [7, 11) is 2.17. The fourth-order valence-corrected chi connectivity index (χ4v) is 5.87. The molecule has 0 fully saturated rings. The molecular formula is C22H23ClN4OS. The molecule has 1 aromatic carbocycles. The summed E-state index contributed by atoms with van der Waals surface area (Å²) in [6.45, 7) is 4.76. The van der Waals surface area contributed by atoms with Crippen molar-refractivity contribution < 1.29 is 4.79 Å². The van der Waals surface area contributed by atoms with Gasteiger partial charge in [0.25, 0.3) is 0 Å². The molecule has 2 aliphatic heterocycles. The van der Waals surface area contributed by atoms with Gasteiger partial charge in [0.1, 0.15) is 5.00 Å². The number of rotatable bonds is 1. The van der Waals surface area contributed by atoms with E-state index in [-0.39, 0.29) is 12.1 Å². The van der Waals surface area contributed by atoms with Crippen LogP contribution in [0.2, 0.25) is 5.02 Å². The van der Waals surface area contributed by atoms with E-state index in [0.717, 1.165) is 30.9 Å². The third kappa shape index (κ3) is 3.25. The molecule has 0 spiro atoms. The predicted molar refractivity (Wildman–Crippen MR) is 118 cm³/mol. The molecule has 2 aliphatic rings. The Hall–Kier alpha value is -2.28. The summed E-state index contributed by atoms with van der Waals surface area (Å²) in [5, 5.41) is 4.96. The Balaban J connectivity index is 1.53. The fraction of sp³-hybridized carbons (Fsp3) is 0.318. The molecule has 1 atom stereocenters. The van der Waals surface area contributed by atoms with Crippen molar-refractivity contribution in [3.05, 3.63) is 69.3 Å². The molecule has 29 heavy (non-hydrogen) atoms. The van der Waals surface area contributed by atoms with E-state index in [0.29, 0.717) is 11.6 Å². The zero-order valence-electron chi connectivity index (χ0n) is 16.5. The van der Waals surface area contributed by atoms with E-state index in [4.69, 9.17) is 11.6 Å².